The first-order valence-corrected chi connectivity index (χ1v) is 18.4. The van der Waals surface area contributed by atoms with Gasteiger partial charge in [-0.05, 0) is 50.6 Å². The number of rotatable bonds is 21. The summed E-state index contributed by atoms with van der Waals surface area (Å²) in [6.45, 7) is 11.3. The average Bonchev–Trinajstić information content (AvgIpc) is 3.59. The van der Waals surface area contributed by atoms with Crippen molar-refractivity contribution in [1.29, 1.82) is 0 Å². The molecule has 1 aromatic rings. The van der Waals surface area contributed by atoms with Crippen molar-refractivity contribution in [3.05, 3.63) is 35.9 Å². The molecule has 4 amide bonds. The second-order valence-electron chi connectivity index (χ2n) is 14.4. The molecule has 0 radical (unpaired) electrons. The van der Waals surface area contributed by atoms with E-state index in [1.54, 1.807) is 37.9 Å². The second kappa shape index (κ2) is 21.4. The summed E-state index contributed by atoms with van der Waals surface area (Å²) >= 11 is 0. The molecule has 1 aromatic carbocycles. The first-order chi connectivity index (χ1) is 24.2. The Hall–Kier alpha value is -3.10. The lowest BCUT2D eigenvalue weighted by atomic mass is 9.89. The fourth-order valence-corrected chi connectivity index (χ4v) is 7.27. The molecule has 1 aliphatic rings. The number of carbonyl (C=O) groups is 4. The van der Waals surface area contributed by atoms with E-state index in [4.69, 9.17) is 9.47 Å². The summed E-state index contributed by atoms with van der Waals surface area (Å²) in [5.74, 6) is -2.12. The zero-order valence-electron chi connectivity index (χ0n) is 32.4. The number of hydrogen-bond donors (Lipinski definition) is 5. The van der Waals surface area contributed by atoms with E-state index in [9.17, 15) is 29.4 Å². The van der Waals surface area contributed by atoms with Crippen molar-refractivity contribution in [2.24, 2.45) is 17.8 Å². The van der Waals surface area contributed by atoms with Crippen molar-refractivity contribution in [3.8, 4) is 0 Å². The number of carbonyl (C=O) groups excluding carboxylic acids is 4. The number of hydrogen-bond acceptors (Lipinski definition) is 9. The number of ether oxygens (including phenoxy) is 2. The van der Waals surface area contributed by atoms with E-state index in [0.717, 1.165) is 12.0 Å². The normalized spacial score (nSPS) is 20.0. The van der Waals surface area contributed by atoms with Crippen LogP contribution in [0.2, 0.25) is 0 Å². The van der Waals surface area contributed by atoms with E-state index in [1.165, 1.54) is 14.0 Å². The summed E-state index contributed by atoms with van der Waals surface area (Å²) in [4.78, 5) is 58.0. The molecule has 0 unspecified atom stereocenters. The summed E-state index contributed by atoms with van der Waals surface area (Å²) < 4.78 is 11.9. The summed E-state index contributed by atoms with van der Waals surface area (Å²) in [5, 5.41) is 28.7. The van der Waals surface area contributed by atoms with Crippen LogP contribution in [-0.4, -0.2) is 134 Å². The van der Waals surface area contributed by atoms with Crippen LogP contribution in [0.3, 0.4) is 0 Å². The fourth-order valence-electron chi connectivity index (χ4n) is 7.27. The Labute approximate surface area is 305 Å². The highest BCUT2D eigenvalue weighted by Gasteiger charge is 2.43. The topological polar surface area (TPSA) is 170 Å². The van der Waals surface area contributed by atoms with Gasteiger partial charge in [0.2, 0.25) is 23.6 Å². The third kappa shape index (κ3) is 12.0. The molecule has 2 rings (SSSR count). The molecular formula is C38H65N5O8. The molecule has 0 saturated carbocycles. The Morgan fingerprint density at radius 2 is 1.63 bits per heavy atom. The molecule has 13 heteroatoms. The van der Waals surface area contributed by atoms with Crippen LogP contribution in [0.4, 0.5) is 0 Å². The van der Waals surface area contributed by atoms with Crippen LogP contribution in [0, 0.1) is 17.8 Å². The van der Waals surface area contributed by atoms with Gasteiger partial charge in [0, 0.05) is 27.8 Å². The molecule has 1 heterocycles. The largest absolute Gasteiger partial charge is 0.394 e. The zero-order chi connectivity index (χ0) is 38.4. The second-order valence-corrected chi connectivity index (χ2v) is 14.4. The molecule has 1 aliphatic heterocycles. The first kappa shape index (κ1) is 44.1. The van der Waals surface area contributed by atoms with Gasteiger partial charge >= 0.3 is 0 Å². The number of likely N-dealkylation sites (tertiary alicyclic amines) is 1. The molecule has 290 valence electrons. The fraction of sp³-hybridized carbons (Fsp3) is 0.737. The van der Waals surface area contributed by atoms with E-state index in [2.05, 4.69) is 16.0 Å². The van der Waals surface area contributed by atoms with Gasteiger partial charge in [0.15, 0.2) is 0 Å². The van der Waals surface area contributed by atoms with E-state index >= 15 is 0 Å². The molecule has 1 saturated heterocycles. The lowest BCUT2D eigenvalue weighted by molar-refractivity contribution is -0.148. The number of methoxy groups -OCH3 is 2. The number of nitrogens with zero attached hydrogens (tertiary/aromatic N) is 2. The van der Waals surface area contributed by atoms with E-state index in [1.807, 2.05) is 58.0 Å². The zero-order valence-corrected chi connectivity index (χ0v) is 32.4. The van der Waals surface area contributed by atoms with Crippen LogP contribution in [0.5, 0.6) is 0 Å². The van der Waals surface area contributed by atoms with E-state index in [0.29, 0.717) is 25.8 Å². The Bertz CT molecular complexity index is 1230. The van der Waals surface area contributed by atoms with Gasteiger partial charge in [-0.1, -0.05) is 71.4 Å². The summed E-state index contributed by atoms with van der Waals surface area (Å²) in [5.41, 5.74) is 0.999. The minimum atomic E-state index is -0.964. The van der Waals surface area contributed by atoms with Gasteiger partial charge in [-0.15, -0.1) is 0 Å². The lowest BCUT2D eigenvalue weighted by Crippen LogP contribution is -2.60. The summed E-state index contributed by atoms with van der Waals surface area (Å²) in [6, 6.07) is 6.58. The third-order valence-corrected chi connectivity index (χ3v) is 10.5. The van der Waals surface area contributed by atoms with Crippen molar-refractivity contribution in [3.63, 3.8) is 0 Å². The quantitative estimate of drug-likeness (QED) is 0.127. The number of aliphatic hydroxyl groups excluding tert-OH is 2. The maximum absolute atomic E-state index is 14.1. The highest BCUT2D eigenvalue weighted by atomic mass is 16.5. The SMILES string of the molecule is CC[C@H](C)[C@@H]([C@@H](CC(=O)N1CCC[C@H]1[C@H](OC)[C@@H](C)C(=O)N[C@H](CO)Cc1ccccc1)OC)N(C)C(=O)[C@@H](NC(=O)[C@@H](NC)[C@@H](C)O)C(C)C. The van der Waals surface area contributed by atoms with E-state index in [-0.39, 0.29) is 48.6 Å². The van der Waals surface area contributed by atoms with Crippen LogP contribution in [-0.2, 0) is 35.1 Å². The van der Waals surface area contributed by atoms with Crippen LogP contribution < -0.4 is 16.0 Å². The van der Waals surface area contributed by atoms with Gasteiger partial charge in [0.05, 0.1) is 55.4 Å². The molecule has 5 N–H and O–H groups in total. The Kier molecular flexibility index (Phi) is 18.5. The molecule has 0 aliphatic carbocycles. The number of benzene rings is 1. The standard InChI is InChI=1S/C38H65N5O8/c1-11-24(4)34(42(8)38(49)32(23(2)3)41-37(48)33(39-7)26(6)45)30(50-9)21-31(46)43-19-15-18-29(43)35(51-10)25(5)36(47)40-28(22-44)20-27-16-13-12-14-17-27/h12-14,16-17,23-26,28-30,32-35,39,44-45H,11,15,18-22H2,1-10H3,(H,40,47)(H,41,48)/t24-,25+,26+,28-,29-,30+,32-,33-,34-,35+/m0/s1. The minimum Gasteiger partial charge on any atom is -0.394 e. The highest BCUT2D eigenvalue weighted by Crippen LogP contribution is 2.29. The Balaban J connectivity index is 2.24. The van der Waals surface area contributed by atoms with Crippen molar-refractivity contribution in [2.45, 2.75) is 122 Å². The molecule has 0 spiro atoms. The highest BCUT2D eigenvalue weighted by molar-refractivity contribution is 5.90. The molecule has 51 heavy (non-hydrogen) atoms. The number of likely N-dealkylation sites (N-methyl/N-ethyl adjacent to an activating group) is 2. The van der Waals surface area contributed by atoms with Crippen LogP contribution in [0.15, 0.2) is 30.3 Å². The molecule has 10 atom stereocenters. The maximum atomic E-state index is 14.1. The van der Waals surface area contributed by atoms with Crippen molar-refractivity contribution >= 4 is 23.6 Å². The predicted molar refractivity (Wildman–Crippen MR) is 197 cm³/mol. The summed E-state index contributed by atoms with van der Waals surface area (Å²) in [7, 11) is 6.33. The van der Waals surface area contributed by atoms with Crippen LogP contribution >= 0.6 is 0 Å². The Morgan fingerprint density at radius 1 is 0.980 bits per heavy atom. The molecular weight excluding hydrogens is 654 g/mol. The van der Waals surface area contributed by atoms with Gasteiger partial charge in [0.25, 0.3) is 0 Å². The molecule has 13 nitrogen and oxygen atoms in total. The van der Waals surface area contributed by atoms with Crippen LogP contribution in [0.1, 0.15) is 72.8 Å². The van der Waals surface area contributed by atoms with Gasteiger partial charge in [-0.2, -0.15) is 0 Å². The predicted octanol–water partition coefficient (Wildman–Crippen LogP) is 1.74. The van der Waals surface area contributed by atoms with E-state index < -0.39 is 54.3 Å². The van der Waals surface area contributed by atoms with Gasteiger partial charge < -0.3 is 45.4 Å². The molecule has 1 fully saturated rings. The van der Waals surface area contributed by atoms with Gasteiger partial charge in [-0.25, -0.2) is 0 Å². The molecule has 0 bridgehead atoms. The van der Waals surface area contributed by atoms with Gasteiger partial charge in [-0.3, -0.25) is 19.2 Å². The van der Waals surface area contributed by atoms with Gasteiger partial charge in [0.1, 0.15) is 12.1 Å². The monoisotopic (exact) mass is 719 g/mol. The number of aliphatic hydroxyl groups is 2. The van der Waals surface area contributed by atoms with Crippen LogP contribution in [0.25, 0.3) is 0 Å². The third-order valence-electron chi connectivity index (χ3n) is 10.5. The minimum absolute atomic E-state index is 0.00284. The lowest BCUT2D eigenvalue weighted by Gasteiger charge is -2.41. The molecule has 0 aromatic heterocycles. The van der Waals surface area contributed by atoms with Crippen molar-refractivity contribution in [2.75, 3.05) is 41.5 Å². The number of amides is 4. The van der Waals surface area contributed by atoms with Crippen molar-refractivity contribution in [1.82, 2.24) is 25.8 Å². The average molecular weight is 720 g/mol. The smallest absolute Gasteiger partial charge is 0.245 e. The number of nitrogens with one attached hydrogen (secondary N) is 3. The maximum Gasteiger partial charge on any atom is 0.245 e. The Morgan fingerprint density at radius 3 is 2.14 bits per heavy atom. The first-order valence-electron chi connectivity index (χ1n) is 18.4. The van der Waals surface area contributed by atoms with Crippen molar-refractivity contribution < 1.29 is 38.9 Å². The summed E-state index contributed by atoms with van der Waals surface area (Å²) in [6.07, 6.45) is 0.408.